The quantitative estimate of drug-likeness (QED) is 0.425. The monoisotopic (exact) mass is 389 g/mol. The van der Waals surface area contributed by atoms with E-state index in [1.54, 1.807) is 0 Å². The van der Waals surface area contributed by atoms with Gasteiger partial charge in [0.15, 0.2) is 5.96 Å². The van der Waals surface area contributed by atoms with E-state index in [9.17, 15) is 0 Å². The average molecular weight is 389 g/mol. The van der Waals surface area contributed by atoms with E-state index in [-0.39, 0.29) is 24.0 Å². The maximum absolute atomic E-state index is 4.52. The molecule has 0 aliphatic rings. The Balaban J connectivity index is 0.00000361. The van der Waals surface area contributed by atoms with Crippen LogP contribution in [0.3, 0.4) is 0 Å². The smallest absolute Gasteiger partial charge is 0.191 e. The molecule has 0 bridgehead atoms. The third-order valence-electron chi connectivity index (χ3n) is 2.93. The van der Waals surface area contributed by atoms with Crippen molar-refractivity contribution in [3.05, 3.63) is 35.9 Å². The van der Waals surface area contributed by atoms with Crippen molar-refractivity contribution in [2.75, 3.05) is 13.1 Å². The van der Waals surface area contributed by atoms with Crippen LogP contribution in [0, 0.1) is 0 Å². The number of halogens is 1. The van der Waals surface area contributed by atoms with E-state index in [4.69, 9.17) is 0 Å². The highest BCUT2D eigenvalue weighted by Gasteiger charge is 2.05. The van der Waals surface area contributed by atoms with Crippen LogP contribution < -0.4 is 10.6 Å². The largest absolute Gasteiger partial charge is 0.357 e. The molecule has 3 nitrogen and oxygen atoms in total. The molecule has 0 saturated carbocycles. The third-order valence-corrected chi connectivity index (χ3v) is 2.93. The van der Waals surface area contributed by atoms with Crippen LogP contribution in [0.4, 0.5) is 0 Å². The van der Waals surface area contributed by atoms with Crippen LogP contribution in [-0.4, -0.2) is 25.1 Å². The van der Waals surface area contributed by atoms with Crippen LogP contribution in [0.5, 0.6) is 0 Å². The summed E-state index contributed by atoms with van der Waals surface area (Å²) in [6.45, 7) is 8.23. The number of aliphatic imine (C=N–C) groups is 1. The molecular formula is C16H28IN3. The SMILES string of the molecule is CCCN=C(NCC)NC(C)CCc1ccccc1.I. The van der Waals surface area contributed by atoms with Crippen molar-refractivity contribution in [3.63, 3.8) is 0 Å². The first-order valence-corrected chi connectivity index (χ1v) is 7.35. The van der Waals surface area contributed by atoms with Crippen LogP contribution in [0.1, 0.15) is 39.2 Å². The van der Waals surface area contributed by atoms with E-state index >= 15 is 0 Å². The predicted octanol–water partition coefficient (Wildman–Crippen LogP) is 3.59. The molecular weight excluding hydrogens is 361 g/mol. The molecule has 0 amide bonds. The molecule has 0 spiro atoms. The molecule has 1 unspecified atom stereocenters. The van der Waals surface area contributed by atoms with Gasteiger partial charge in [0.05, 0.1) is 0 Å². The highest BCUT2D eigenvalue weighted by molar-refractivity contribution is 14.0. The summed E-state index contributed by atoms with van der Waals surface area (Å²) in [4.78, 5) is 4.52. The minimum atomic E-state index is 0. The van der Waals surface area contributed by atoms with Gasteiger partial charge in [-0.3, -0.25) is 4.99 Å². The topological polar surface area (TPSA) is 36.4 Å². The minimum absolute atomic E-state index is 0. The summed E-state index contributed by atoms with van der Waals surface area (Å²) in [6, 6.07) is 11.0. The molecule has 0 aliphatic carbocycles. The first-order valence-electron chi connectivity index (χ1n) is 7.35. The van der Waals surface area contributed by atoms with Crippen molar-refractivity contribution < 1.29 is 0 Å². The number of aryl methyl sites for hydroxylation is 1. The molecule has 1 atom stereocenters. The first kappa shape index (κ1) is 19.2. The van der Waals surface area contributed by atoms with Crippen molar-refractivity contribution in [2.24, 2.45) is 4.99 Å². The van der Waals surface area contributed by atoms with Crippen LogP contribution in [0.2, 0.25) is 0 Å². The lowest BCUT2D eigenvalue weighted by Crippen LogP contribution is -2.42. The molecule has 1 aromatic carbocycles. The van der Waals surface area contributed by atoms with Gasteiger partial charge in [-0.1, -0.05) is 37.3 Å². The van der Waals surface area contributed by atoms with Gasteiger partial charge in [-0.2, -0.15) is 0 Å². The van der Waals surface area contributed by atoms with E-state index in [1.807, 2.05) is 0 Å². The fraction of sp³-hybridized carbons (Fsp3) is 0.562. The maximum atomic E-state index is 4.52. The second-order valence-corrected chi connectivity index (χ2v) is 4.83. The first-order chi connectivity index (χ1) is 9.26. The Labute approximate surface area is 140 Å². The summed E-state index contributed by atoms with van der Waals surface area (Å²) in [5.74, 6) is 0.935. The summed E-state index contributed by atoms with van der Waals surface area (Å²) >= 11 is 0. The van der Waals surface area contributed by atoms with Crippen molar-refractivity contribution >= 4 is 29.9 Å². The van der Waals surface area contributed by atoms with E-state index in [1.165, 1.54) is 5.56 Å². The summed E-state index contributed by atoms with van der Waals surface area (Å²) in [6.07, 6.45) is 3.29. The van der Waals surface area contributed by atoms with E-state index in [2.05, 4.69) is 66.7 Å². The summed E-state index contributed by atoms with van der Waals surface area (Å²) in [7, 11) is 0. The molecule has 0 aromatic heterocycles. The second-order valence-electron chi connectivity index (χ2n) is 4.83. The van der Waals surface area contributed by atoms with Gasteiger partial charge in [-0.25, -0.2) is 0 Å². The molecule has 4 heteroatoms. The zero-order chi connectivity index (χ0) is 13.9. The van der Waals surface area contributed by atoms with Crippen LogP contribution in [-0.2, 0) is 6.42 Å². The van der Waals surface area contributed by atoms with Crippen molar-refractivity contribution in [1.82, 2.24) is 10.6 Å². The Bertz CT molecular complexity index is 365. The third kappa shape index (κ3) is 8.40. The van der Waals surface area contributed by atoms with E-state index in [0.29, 0.717) is 6.04 Å². The number of rotatable bonds is 7. The molecule has 0 heterocycles. The molecule has 20 heavy (non-hydrogen) atoms. The number of hydrogen-bond donors (Lipinski definition) is 2. The molecule has 0 radical (unpaired) electrons. The lowest BCUT2D eigenvalue weighted by Gasteiger charge is -2.17. The fourth-order valence-corrected chi connectivity index (χ4v) is 1.88. The van der Waals surface area contributed by atoms with Crippen LogP contribution in [0.25, 0.3) is 0 Å². The minimum Gasteiger partial charge on any atom is -0.357 e. The van der Waals surface area contributed by atoms with Gasteiger partial charge in [-0.05, 0) is 38.7 Å². The van der Waals surface area contributed by atoms with Crippen molar-refractivity contribution in [2.45, 2.75) is 46.1 Å². The maximum Gasteiger partial charge on any atom is 0.191 e. The van der Waals surface area contributed by atoms with Crippen molar-refractivity contribution in [1.29, 1.82) is 0 Å². The van der Waals surface area contributed by atoms with Crippen LogP contribution in [0.15, 0.2) is 35.3 Å². The molecule has 1 aromatic rings. The lowest BCUT2D eigenvalue weighted by atomic mass is 10.1. The molecule has 2 N–H and O–H groups in total. The highest BCUT2D eigenvalue weighted by atomic mass is 127. The number of guanidine groups is 1. The zero-order valence-electron chi connectivity index (χ0n) is 12.9. The van der Waals surface area contributed by atoms with Crippen molar-refractivity contribution in [3.8, 4) is 0 Å². The summed E-state index contributed by atoms with van der Waals surface area (Å²) < 4.78 is 0. The molecule has 0 aliphatic heterocycles. The fourth-order valence-electron chi connectivity index (χ4n) is 1.88. The predicted molar refractivity (Wildman–Crippen MR) is 99.0 cm³/mol. The average Bonchev–Trinajstić information content (AvgIpc) is 2.44. The Hall–Kier alpha value is -0.780. The molecule has 0 fully saturated rings. The number of hydrogen-bond acceptors (Lipinski definition) is 1. The van der Waals surface area contributed by atoms with Gasteiger partial charge >= 0.3 is 0 Å². The zero-order valence-corrected chi connectivity index (χ0v) is 15.2. The molecule has 0 saturated heterocycles. The highest BCUT2D eigenvalue weighted by Crippen LogP contribution is 2.04. The molecule has 114 valence electrons. The van der Waals surface area contributed by atoms with Crippen LogP contribution >= 0.6 is 24.0 Å². The van der Waals surface area contributed by atoms with Gasteiger partial charge in [-0.15, -0.1) is 24.0 Å². The lowest BCUT2D eigenvalue weighted by molar-refractivity contribution is 0.593. The number of nitrogens with zero attached hydrogens (tertiary/aromatic N) is 1. The Morgan fingerprint density at radius 2 is 1.90 bits per heavy atom. The Kier molecular flexibility index (Phi) is 11.5. The summed E-state index contributed by atoms with van der Waals surface area (Å²) in [5.41, 5.74) is 1.40. The van der Waals surface area contributed by atoms with E-state index in [0.717, 1.165) is 38.3 Å². The van der Waals surface area contributed by atoms with E-state index < -0.39 is 0 Å². The summed E-state index contributed by atoms with van der Waals surface area (Å²) in [5, 5.41) is 6.75. The van der Waals surface area contributed by atoms with Gasteiger partial charge in [0.2, 0.25) is 0 Å². The second kappa shape index (κ2) is 12.0. The number of nitrogens with one attached hydrogen (secondary N) is 2. The van der Waals surface area contributed by atoms with Gasteiger partial charge in [0, 0.05) is 19.1 Å². The Morgan fingerprint density at radius 3 is 2.50 bits per heavy atom. The molecule has 1 rings (SSSR count). The standard InChI is InChI=1S/C16H27N3.HI/c1-4-13-18-16(17-5-2)19-14(3)11-12-15-9-7-6-8-10-15;/h6-10,14H,4-5,11-13H2,1-3H3,(H2,17,18,19);1H. The van der Waals surface area contributed by atoms with Gasteiger partial charge in [0.25, 0.3) is 0 Å². The van der Waals surface area contributed by atoms with Gasteiger partial charge < -0.3 is 10.6 Å². The normalized spacial score (nSPS) is 12.4. The number of benzene rings is 1. The van der Waals surface area contributed by atoms with Gasteiger partial charge in [0.1, 0.15) is 0 Å². The Morgan fingerprint density at radius 1 is 1.20 bits per heavy atom.